The summed E-state index contributed by atoms with van der Waals surface area (Å²) in [6, 6.07) is 0. The molecule has 0 fully saturated rings. The minimum Gasteiger partial charge on any atom is -0.481 e. The molecule has 0 aliphatic heterocycles. The van der Waals surface area contributed by atoms with Gasteiger partial charge in [-0.15, -0.1) is 0 Å². The molecule has 0 aromatic carbocycles. The maximum absolute atomic E-state index is 10.1. The minimum absolute atomic E-state index is 0.0387. The van der Waals surface area contributed by atoms with Crippen LogP contribution in [0.2, 0.25) is 0 Å². The fourth-order valence-corrected chi connectivity index (χ4v) is 0.665. The Morgan fingerprint density at radius 1 is 1.60 bits per heavy atom. The van der Waals surface area contributed by atoms with Crippen molar-refractivity contribution in [2.75, 3.05) is 6.61 Å². The van der Waals surface area contributed by atoms with Crippen molar-refractivity contribution in [1.82, 2.24) is 0 Å². The summed E-state index contributed by atoms with van der Waals surface area (Å²) < 4.78 is 0. The quantitative estimate of drug-likeness (QED) is 0.573. The molecule has 0 radical (unpaired) electrons. The summed E-state index contributed by atoms with van der Waals surface area (Å²) in [6.07, 6.45) is 2.26. The lowest BCUT2D eigenvalue weighted by atomic mass is 10.1. The van der Waals surface area contributed by atoms with E-state index in [0.717, 1.165) is 5.57 Å². The highest BCUT2D eigenvalue weighted by atomic mass is 16.4. The average molecular weight is 144 g/mol. The second kappa shape index (κ2) is 4.99. The number of aliphatic carboxylic acids is 1. The fourth-order valence-electron chi connectivity index (χ4n) is 0.665. The number of hydrogen-bond donors (Lipinski definition) is 2. The van der Waals surface area contributed by atoms with Crippen LogP contribution in [0.4, 0.5) is 0 Å². The van der Waals surface area contributed by atoms with Gasteiger partial charge in [0.25, 0.3) is 0 Å². The monoisotopic (exact) mass is 144 g/mol. The van der Waals surface area contributed by atoms with E-state index in [4.69, 9.17) is 10.2 Å². The van der Waals surface area contributed by atoms with Crippen molar-refractivity contribution in [3.63, 3.8) is 0 Å². The standard InChI is InChI=1S/C7H12O3/c1-2-6(3-4-8)5-7(9)10/h3,8H,2,4-5H2,1H3,(H,9,10)/b6-3+. The summed E-state index contributed by atoms with van der Waals surface area (Å²) in [6.45, 7) is 1.79. The number of aliphatic hydroxyl groups excluding tert-OH is 1. The van der Waals surface area contributed by atoms with Gasteiger partial charge in [-0.3, -0.25) is 4.79 Å². The van der Waals surface area contributed by atoms with E-state index < -0.39 is 5.97 Å². The zero-order valence-corrected chi connectivity index (χ0v) is 6.00. The molecule has 0 rings (SSSR count). The Labute approximate surface area is 60.0 Å². The van der Waals surface area contributed by atoms with Crippen molar-refractivity contribution in [2.45, 2.75) is 19.8 Å². The van der Waals surface area contributed by atoms with Crippen molar-refractivity contribution in [3.05, 3.63) is 11.6 Å². The van der Waals surface area contributed by atoms with Gasteiger partial charge in [-0.05, 0) is 6.42 Å². The summed E-state index contributed by atoms with van der Waals surface area (Å²) in [4.78, 5) is 10.1. The minimum atomic E-state index is -0.846. The first-order chi connectivity index (χ1) is 4.70. The van der Waals surface area contributed by atoms with Gasteiger partial charge in [-0.2, -0.15) is 0 Å². The van der Waals surface area contributed by atoms with Gasteiger partial charge in [0.1, 0.15) is 0 Å². The maximum Gasteiger partial charge on any atom is 0.307 e. The summed E-state index contributed by atoms with van der Waals surface area (Å²) >= 11 is 0. The predicted molar refractivity (Wildman–Crippen MR) is 37.7 cm³/mol. The van der Waals surface area contributed by atoms with Gasteiger partial charge in [0.05, 0.1) is 13.0 Å². The van der Waals surface area contributed by atoms with Gasteiger partial charge >= 0.3 is 5.97 Å². The number of hydrogen-bond acceptors (Lipinski definition) is 2. The van der Waals surface area contributed by atoms with Crippen LogP contribution in [0.25, 0.3) is 0 Å². The normalized spacial score (nSPS) is 11.6. The molecule has 0 spiro atoms. The smallest absolute Gasteiger partial charge is 0.307 e. The molecule has 0 aliphatic rings. The molecular weight excluding hydrogens is 132 g/mol. The molecule has 0 bridgehead atoms. The largest absolute Gasteiger partial charge is 0.481 e. The van der Waals surface area contributed by atoms with E-state index in [0.29, 0.717) is 6.42 Å². The Morgan fingerprint density at radius 2 is 2.20 bits per heavy atom. The first-order valence-electron chi connectivity index (χ1n) is 3.21. The van der Waals surface area contributed by atoms with Crippen molar-refractivity contribution in [3.8, 4) is 0 Å². The van der Waals surface area contributed by atoms with Gasteiger partial charge in [-0.25, -0.2) is 0 Å². The molecule has 0 heterocycles. The number of aliphatic hydroxyl groups is 1. The SMILES string of the molecule is CC/C(=C\CO)CC(=O)O. The van der Waals surface area contributed by atoms with Gasteiger partial charge in [0, 0.05) is 0 Å². The zero-order valence-electron chi connectivity index (χ0n) is 6.00. The van der Waals surface area contributed by atoms with Gasteiger partial charge in [0.15, 0.2) is 0 Å². The molecule has 0 amide bonds. The van der Waals surface area contributed by atoms with Crippen LogP contribution in [0.1, 0.15) is 19.8 Å². The Hall–Kier alpha value is -0.830. The highest BCUT2D eigenvalue weighted by Gasteiger charge is 1.99. The molecule has 2 N–H and O–H groups in total. The first-order valence-corrected chi connectivity index (χ1v) is 3.21. The van der Waals surface area contributed by atoms with Crippen LogP contribution >= 0.6 is 0 Å². The molecule has 0 saturated carbocycles. The number of carboxylic acid groups (broad SMARTS) is 1. The highest BCUT2D eigenvalue weighted by molar-refractivity contribution is 5.69. The van der Waals surface area contributed by atoms with Crippen LogP contribution in [0, 0.1) is 0 Å². The van der Waals surface area contributed by atoms with E-state index in [1.165, 1.54) is 6.08 Å². The van der Waals surface area contributed by atoms with Crippen molar-refractivity contribution < 1.29 is 15.0 Å². The average Bonchev–Trinajstić information content (AvgIpc) is 1.86. The zero-order chi connectivity index (χ0) is 7.98. The van der Waals surface area contributed by atoms with Crippen LogP contribution in [0.3, 0.4) is 0 Å². The lowest BCUT2D eigenvalue weighted by molar-refractivity contribution is -0.136. The maximum atomic E-state index is 10.1. The summed E-state index contributed by atoms with van der Waals surface area (Å²) in [5, 5.41) is 16.7. The number of carbonyl (C=O) groups is 1. The molecule has 0 aromatic heterocycles. The Morgan fingerprint density at radius 3 is 2.50 bits per heavy atom. The molecule has 0 atom stereocenters. The first kappa shape index (κ1) is 9.17. The summed E-state index contributed by atoms with van der Waals surface area (Å²) in [5.41, 5.74) is 0.773. The molecule has 0 aromatic rings. The van der Waals surface area contributed by atoms with Crippen LogP contribution in [-0.4, -0.2) is 22.8 Å². The third-order valence-corrected chi connectivity index (χ3v) is 1.21. The van der Waals surface area contributed by atoms with Crippen LogP contribution in [0.15, 0.2) is 11.6 Å². The summed E-state index contributed by atoms with van der Waals surface area (Å²) in [7, 11) is 0. The highest BCUT2D eigenvalue weighted by Crippen LogP contribution is 2.04. The number of carboxylic acids is 1. The third kappa shape index (κ3) is 4.09. The topological polar surface area (TPSA) is 57.5 Å². The van der Waals surface area contributed by atoms with Crippen LogP contribution < -0.4 is 0 Å². The number of rotatable bonds is 4. The van der Waals surface area contributed by atoms with Crippen molar-refractivity contribution in [2.24, 2.45) is 0 Å². The third-order valence-electron chi connectivity index (χ3n) is 1.21. The van der Waals surface area contributed by atoms with E-state index in [2.05, 4.69) is 0 Å². The second-order valence-corrected chi connectivity index (χ2v) is 1.97. The van der Waals surface area contributed by atoms with E-state index >= 15 is 0 Å². The van der Waals surface area contributed by atoms with E-state index in [-0.39, 0.29) is 13.0 Å². The van der Waals surface area contributed by atoms with Crippen LogP contribution in [0.5, 0.6) is 0 Å². The fraction of sp³-hybridized carbons (Fsp3) is 0.571. The van der Waals surface area contributed by atoms with Gasteiger partial charge in [-0.1, -0.05) is 18.6 Å². The van der Waals surface area contributed by atoms with Crippen LogP contribution in [-0.2, 0) is 4.79 Å². The summed E-state index contributed by atoms with van der Waals surface area (Å²) in [5.74, 6) is -0.846. The Bertz CT molecular complexity index is 138. The van der Waals surface area contributed by atoms with E-state index in [1.807, 2.05) is 6.92 Å². The molecular formula is C7H12O3. The molecule has 0 saturated heterocycles. The molecule has 58 valence electrons. The molecule has 3 nitrogen and oxygen atoms in total. The van der Waals surface area contributed by atoms with Gasteiger partial charge in [0.2, 0.25) is 0 Å². The molecule has 0 unspecified atom stereocenters. The Balaban J connectivity index is 3.83. The molecule has 0 aliphatic carbocycles. The van der Waals surface area contributed by atoms with Crippen molar-refractivity contribution in [1.29, 1.82) is 0 Å². The van der Waals surface area contributed by atoms with Crippen molar-refractivity contribution >= 4 is 5.97 Å². The van der Waals surface area contributed by atoms with E-state index in [1.54, 1.807) is 0 Å². The van der Waals surface area contributed by atoms with E-state index in [9.17, 15) is 4.79 Å². The predicted octanol–water partition coefficient (Wildman–Crippen LogP) is 0.790. The molecule has 3 heteroatoms. The second-order valence-electron chi connectivity index (χ2n) is 1.97. The Kier molecular flexibility index (Phi) is 4.58. The molecule has 10 heavy (non-hydrogen) atoms. The van der Waals surface area contributed by atoms with Gasteiger partial charge < -0.3 is 10.2 Å². The lowest BCUT2D eigenvalue weighted by Gasteiger charge is -1.97. The lowest BCUT2D eigenvalue weighted by Crippen LogP contribution is -1.97.